The highest BCUT2D eigenvalue weighted by Gasteiger charge is 2.15. The number of nitriles is 1. The molecule has 0 aliphatic heterocycles. The van der Waals surface area contributed by atoms with E-state index >= 15 is 0 Å². The lowest BCUT2D eigenvalue weighted by Gasteiger charge is -2.23. The molecule has 0 aliphatic rings. The van der Waals surface area contributed by atoms with Gasteiger partial charge >= 0.3 is 0 Å². The Labute approximate surface area is 115 Å². The summed E-state index contributed by atoms with van der Waals surface area (Å²) in [6, 6.07) is 9.62. The van der Waals surface area contributed by atoms with Crippen LogP contribution in [0, 0.1) is 17.1 Å². The van der Waals surface area contributed by atoms with Crippen LogP contribution in [-0.4, -0.2) is 11.5 Å². The van der Waals surface area contributed by atoms with E-state index < -0.39 is 0 Å². The molecule has 19 heavy (non-hydrogen) atoms. The van der Waals surface area contributed by atoms with Gasteiger partial charge in [-0.15, -0.1) is 0 Å². The van der Waals surface area contributed by atoms with Gasteiger partial charge < -0.3 is 4.90 Å². The smallest absolute Gasteiger partial charge is 0.153 e. The van der Waals surface area contributed by atoms with E-state index in [2.05, 4.69) is 4.98 Å². The minimum atomic E-state index is -0.301. The Kier molecular flexibility index (Phi) is 3.98. The molecule has 0 saturated heterocycles. The molecule has 1 aromatic carbocycles. The summed E-state index contributed by atoms with van der Waals surface area (Å²) in [7, 11) is 0. The lowest BCUT2D eigenvalue weighted by molar-refractivity contribution is 0.628. The van der Waals surface area contributed by atoms with Crippen molar-refractivity contribution in [3.8, 4) is 6.07 Å². The molecule has 2 aromatic rings. The van der Waals surface area contributed by atoms with Crippen LogP contribution >= 0.6 is 11.6 Å². The number of nitrogens with zero attached hydrogens (tertiary/aromatic N) is 3. The van der Waals surface area contributed by atoms with E-state index in [0.717, 1.165) is 5.69 Å². The minimum Gasteiger partial charge on any atom is -0.325 e. The van der Waals surface area contributed by atoms with Gasteiger partial charge in [0.2, 0.25) is 0 Å². The van der Waals surface area contributed by atoms with E-state index in [9.17, 15) is 4.39 Å². The number of hydrogen-bond acceptors (Lipinski definition) is 3. The van der Waals surface area contributed by atoms with Gasteiger partial charge in [0, 0.05) is 18.4 Å². The fourth-order valence-electron chi connectivity index (χ4n) is 1.78. The second-order valence-corrected chi connectivity index (χ2v) is 4.21. The zero-order valence-electron chi connectivity index (χ0n) is 10.3. The first kappa shape index (κ1) is 13.3. The van der Waals surface area contributed by atoms with Gasteiger partial charge in [-0.25, -0.2) is 9.37 Å². The summed E-state index contributed by atoms with van der Waals surface area (Å²) >= 11 is 6.16. The summed E-state index contributed by atoms with van der Waals surface area (Å²) in [5.41, 5.74) is 1.14. The average molecular weight is 276 g/mol. The van der Waals surface area contributed by atoms with Crippen molar-refractivity contribution in [3.63, 3.8) is 0 Å². The van der Waals surface area contributed by atoms with Gasteiger partial charge in [-0.3, -0.25) is 0 Å². The first-order chi connectivity index (χ1) is 9.17. The van der Waals surface area contributed by atoms with E-state index in [-0.39, 0.29) is 5.82 Å². The van der Waals surface area contributed by atoms with Crippen LogP contribution in [0.3, 0.4) is 0 Å². The van der Waals surface area contributed by atoms with Gasteiger partial charge in [-0.05, 0) is 37.3 Å². The zero-order chi connectivity index (χ0) is 13.8. The average Bonchev–Trinajstić information content (AvgIpc) is 2.43. The molecule has 0 atom stereocenters. The van der Waals surface area contributed by atoms with Crippen LogP contribution in [0.4, 0.5) is 15.9 Å². The molecule has 3 nitrogen and oxygen atoms in total. The predicted molar refractivity (Wildman–Crippen MR) is 73.0 cm³/mol. The third-order valence-electron chi connectivity index (χ3n) is 2.70. The molecule has 2 rings (SSSR count). The molecule has 0 bridgehead atoms. The van der Waals surface area contributed by atoms with Gasteiger partial charge in [0.05, 0.1) is 5.56 Å². The maximum Gasteiger partial charge on any atom is 0.153 e. The van der Waals surface area contributed by atoms with Gasteiger partial charge in [0.1, 0.15) is 16.9 Å². The summed E-state index contributed by atoms with van der Waals surface area (Å²) in [6.45, 7) is 2.54. The third kappa shape index (κ3) is 2.67. The standard InChI is InChI=1S/C14H11ClFN3/c1-2-19(12-5-3-11(16)4-6-12)14-13(15)10(9-17)7-8-18-14/h3-8H,2H2,1H3. The van der Waals surface area contributed by atoms with Crippen LogP contribution in [0.25, 0.3) is 0 Å². The summed E-state index contributed by atoms with van der Waals surface area (Å²) in [6.07, 6.45) is 1.53. The van der Waals surface area contributed by atoms with Gasteiger partial charge in [0.15, 0.2) is 5.82 Å². The molecule has 0 aliphatic carbocycles. The summed E-state index contributed by atoms with van der Waals surface area (Å²) in [5.74, 6) is 0.194. The van der Waals surface area contributed by atoms with Crippen molar-refractivity contribution in [2.45, 2.75) is 6.92 Å². The number of benzene rings is 1. The normalized spacial score (nSPS) is 10.0. The molecule has 0 spiro atoms. The topological polar surface area (TPSA) is 39.9 Å². The van der Waals surface area contributed by atoms with Crippen LogP contribution in [0.5, 0.6) is 0 Å². The zero-order valence-corrected chi connectivity index (χ0v) is 11.0. The molecular formula is C14H11ClFN3. The Morgan fingerprint density at radius 1 is 1.32 bits per heavy atom. The van der Waals surface area contributed by atoms with Gasteiger partial charge in [0.25, 0.3) is 0 Å². The first-order valence-corrected chi connectivity index (χ1v) is 6.13. The Hall–Kier alpha value is -2.12. The molecule has 96 valence electrons. The van der Waals surface area contributed by atoms with Crippen LogP contribution in [-0.2, 0) is 0 Å². The quantitative estimate of drug-likeness (QED) is 0.853. The van der Waals surface area contributed by atoms with Crippen LogP contribution in [0.15, 0.2) is 36.5 Å². The van der Waals surface area contributed by atoms with Gasteiger partial charge in [-0.1, -0.05) is 11.6 Å². The first-order valence-electron chi connectivity index (χ1n) is 5.75. The molecule has 0 N–H and O–H groups in total. The Morgan fingerprint density at radius 3 is 2.58 bits per heavy atom. The maximum absolute atomic E-state index is 13.0. The number of pyridine rings is 1. The largest absolute Gasteiger partial charge is 0.325 e. The molecular weight excluding hydrogens is 265 g/mol. The van der Waals surface area contributed by atoms with Crippen molar-refractivity contribution >= 4 is 23.1 Å². The van der Waals surface area contributed by atoms with E-state index in [4.69, 9.17) is 16.9 Å². The van der Waals surface area contributed by atoms with E-state index in [1.165, 1.54) is 18.3 Å². The molecule has 0 saturated carbocycles. The fourth-order valence-corrected chi connectivity index (χ4v) is 2.04. The second-order valence-electron chi connectivity index (χ2n) is 3.83. The number of aromatic nitrogens is 1. The lowest BCUT2D eigenvalue weighted by Crippen LogP contribution is -2.18. The van der Waals surface area contributed by atoms with E-state index in [1.807, 2.05) is 17.9 Å². The van der Waals surface area contributed by atoms with Crippen molar-refractivity contribution in [3.05, 3.63) is 52.9 Å². The Morgan fingerprint density at radius 2 is 2.00 bits per heavy atom. The second kappa shape index (κ2) is 5.68. The summed E-state index contributed by atoms with van der Waals surface area (Å²) in [5, 5.41) is 9.28. The van der Waals surface area contributed by atoms with Crippen LogP contribution in [0.1, 0.15) is 12.5 Å². The highest BCUT2D eigenvalue weighted by Crippen LogP contribution is 2.31. The Bertz CT molecular complexity index is 620. The van der Waals surface area contributed by atoms with Crippen molar-refractivity contribution in [1.82, 2.24) is 4.98 Å². The summed E-state index contributed by atoms with van der Waals surface area (Å²) < 4.78 is 13.0. The van der Waals surface area contributed by atoms with Crippen LogP contribution in [0.2, 0.25) is 5.02 Å². The fraction of sp³-hybridized carbons (Fsp3) is 0.143. The van der Waals surface area contributed by atoms with Gasteiger partial charge in [-0.2, -0.15) is 5.26 Å². The van der Waals surface area contributed by atoms with Crippen molar-refractivity contribution in [2.24, 2.45) is 0 Å². The number of rotatable bonds is 3. The molecule has 0 fully saturated rings. The monoisotopic (exact) mass is 275 g/mol. The van der Waals surface area contributed by atoms with Crippen molar-refractivity contribution in [1.29, 1.82) is 5.26 Å². The SMILES string of the molecule is CCN(c1ccc(F)cc1)c1nccc(C#N)c1Cl. The van der Waals surface area contributed by atoms with Crippen LogP contribution < -0.4 is 4.90 Å². The third-order valence-corrected chi connectivity index (χ3v) is 3.07. The molecule has 1 heterocycles. The highest BCUT2D eigenvalue weighted by molar-refractivity contribution is 6.34. The number of hydrogen-bond donors (Lipinski definition) is 0. The molecule has 0 unspecified atom stereocenters. The number of halogens is 2. The molecule has 0 radical (unpaired) electrons. The molecule has 1 aromatic heterocycles. The summed E-state index contributed by atoms with van der Waals surface area (Å²) in [4.78, 5) is 6.03. The maximum atomic E-state index is 13.0. The number of anilines is 2. The Balaban J connectivity index is 2.49. The van der Waals surface area contributed by atoms with Crippen molar-refractivity contribution in [2.75, 3.05) is 11.4 Å². The predicted octanol–water partition coefficient (Wildman–Crippen LogP) is 3.90. The van der Waals surface area contributed by atoms with E-state index in [1.54, 1.807) is 18.2 Å². The van der Waals surface area contributed by atoms with Crippen molar-refractivity contribution < 1.29 is 4.39 Å². The minimum absolute atomic E-state index is 0.301. The van der Waals surface area contributed by atoms with E-state index in [0.29, 0.717) is 22.9 Å². The lowest BCUT2D eigenvalue weighted by atomic mass is 10.2. The molecule has 5 heteroatoms. The molecule has 0 amide bonds. The highest BCUT2D eigenvalue weighted by atomic mass is 35.5.